The summed E-state index contributed by atoms with van der Waals surface area (Å²) < 4.78 is 0. The Hall–Kier alpha value is -2.45. The number of carbonyl (C=O) groups is 1. The SMILES string of the molecule is C/C=C(\C=C1/CNC(NC(=O)NCC)N1)c1cnc(C(C)(C)O)nc1. The topological polar surface area (TPSA) is 111 Å². The van der Waals surface area contributed by atoms with Crippen molar-refractivity contribution in [1.82, 2.24) is 31.2 Å². The second-order valence-corrected chi connectivity index (χ2v) is 6.23. The van der Waals surface area contributed by atoms with Crippen LogP contribution < -0.4 is 21.3 Å². The van der Waals surface area contributed by atoms with E-state index in [1.807, 2.05) is 26.0 Å². The maximum Gasteiger partial charge on any atom is 0.317 e. The van der Waals surface area contributed by atoms with E-state index in [9.17, 15) is 9.90 Å². The van der Waals surface area contributed by atoms with Gasteiger partial charge in [-0.15, -0.1) is 0 Å². The third-order valence-electron chi connectivity index (χ3n) is 3.61. The third-order valence-corrected chi connectivity index (χ3v) is 3.61. The smallest absolute Gasteiger partial charge is 0.317 e. The fraction of sp³-hybridized carbons (Fsp3) is 0.471. The lowest BCUT2D eigenvalue weighted by Crippen LogP contribution is -2.51. The van der Waals surface area contributed by atoms with Crippen LogP contribution in [0.2, 0.25) is 0 Å². The molecule has 0 radical (unpaired) electrons. The number of hydrogen-bond acceptors (Lipinski definition) is 6. The Morgan fingerprint density at radius 3 is 2.68 bits per heavy atom. The Labute approximate surface area is 147 Å². The number of nitrogens with zero attached hydrogens (tertiary/aromatic N) is 2. The first-order chi connectivity index (χ1) is 11.8. The van der Waals surface area contributed by atoms with Crippen molar-refractivity contribution < 1.29 is 9.90 Å². The van der Waals surface area contributed by atoms with E-state index in [1.54, 1.807) is 26.2 Å². The molecule has 2 heterocycles. The van der Waals surface area contributed by atoms with Crippen molar-refractivity contribution in [2.45, 2.75) is 39.6 Å². The van der Waals surface area contributed by atoms with Gasteiger partial charge >= 0.3 is 6.03 Å². The molecule has 1 aromatic rings. The molecular weight excluding hydrogens is 320 g/mol. The zero-order chi connectivity index (χ0) is 18.4. The fourth-order valence-electron chi connectivity index (χ4n) is 2.34. The number of nitrogens with one attached hydrogen (secondary N) is 4. The Kier molecular flexibility index (Phi) is 6.11. The van der Waals surface area contributed by atoms with Gasteiger partial charge in [0, 0.05) is 36.7 Å². The van der Waals surface area contributed by atoms with E-state index in [0.717, 1.165) is 16.8 Å². The third kappa shape index (κ3) is 5.27. The summed E-state index contributed by atoms with van der Waals surface area (Å²) >= 11 is 0. The average molecular weight is 346 g/mol. The van der Waals surface area contributed by atoms with Gasteiger partial charge in [-0.25, -0.2) is 14.8 Å². The van der Waals surface area contributed by atoms with Crippen LogP contribution in [0.5, 0.6) is 0 Å². The van der Waals surface area contributed by atoms with E-state index < -0.39 is 5.60 Å². The van der Waals surface area contributed by atoms with Crippen molar-refractivity contribution >= 4 is 11.6 Å². The van der Waals surface area contributed by atoms with Gasteiger partial charge in [0.25, 0.3) is 0 Å². The van der Waals surface area contributed by atoms with E-state index in [4.69, 9.17) is 0 Å². The van der Waals surface area contributed by atoms with Gasteiger partial charge in [-0.05, 0) is 39.3 Å². The number of allylic oxidation sites excluding steroid dienone is 3. The molecule has 136 valence electrons. The highest BCUT2D eigenvalue weighted by Gasteiger charge is 2.20. The molecule has 25 heavy (non-hydrogen) atoms. The van der Waals surface area contributed by atoms with E-state index in [1.165, 1.54) is 0 Å². The van der Waals surface area contributed by atoms with E-state index >= 15 is 0 Å². The minimum Gasteiger partial charge on any atom is -0.382 e. The normalized spacial score (nSPS) is 19.6. The molecule has 0 spiro atoms. The Morgan fingerprint density at radius 2 is 2.12 bits per heavy atom. The lowest BCUT2D eigenvalue weighted by molar-refractivity contribution is 0.0686. The number of aliphatic hydroxyl groups is 1. The maximum absolute atomic E-state index is 11.5. The standard InChI is InChI=1S/C17H26N6O2/c1-5-11(12-8-19-14(20-9-12)17(3,4)25)7-13-10-21-15(22-13)23-16(24)18-6-2/h5,7-9,15,21-22,25H,6,10H2,1-4H3,(H2,18,23,24)/b11-5+,13-7+. The fourth-order valence-corrected chi connectivity index (χ4v) is 2.34. The van der Waals surface area contributed by atoms with Crippen molar-refractivity contribution in [1.29, 1.82) is 0 Å². The Bertz CT molecular complexity index is 661. The zero-order valence-electron chi connectivity index (χ0n) is 15.1. The summed E-state index contributed by atoms with van der Waals surface area (Å²) in [5.41, 5.74) is 1.68. The molecule has 2 amide bonds. The van der Waals surface area contributed by atoms with Gasteiger partial charge in [0.1, 0.15) is 5.60 Å². The predicted octanol–water partition coefficient (Wildman–Crippen LogP) is 0.787. The Balaban J connectivity index is 2.05. The summed E-state index contributed by atoms with van der Waals surface area (Å²) in [6, 6.07) is -0.226. The minimum atomic E-state index is -1.07. The van der Waals surface area contributed by atoms with Crippen LogP contribution in [0.25, 0.3) is 5.57 Å². The molecule has 8 nitrogen and oxygen atoms in total. The molecule has 5 N–H and O–H groups in total. The van der Waals surface area contributed by atoms with Crippen LogP contribution in [-0.2, 0) is 5.60 Å². The van der Waals surface area contributed by atoms with Gasteiger partial charge in [0.2, 0.25) is 0 Å². The van der Waals surface area contributed by atoms with Crippen molar-refractivity contribution in [3.8, 4) is 0 Å². The van der Waals surface area contributed by atoms with Crippen LogP contribution >= 0.6 is 0 Å². The molecule has 0 aromatic carbocycles. The van der Waals surface area contributed by atoms with Crippen molar-refractivity contribution in [2.75, 3.05) is 13.1 Å². The van der Waals surface area contributed by atoms with Gasteiger partial charge in [-0.2, -0.15) is 0 Å². The highest BCUT2D eigenvalue weighted by Crippen LogP contribution is 2.19. The largest absolute Gasteiger partial charge is 0.382 e. The van der Waals surface area contributed by atoms with Crippen LogP contribution in [-0.4, -0.2) is 40.5 Å². The second kappa shape index (κ2) is 8.09. The van der Waals surface area contributed by atoms with Gasteiger partial charge in [0.05, 0.1) is 0 Å². The predicted molar refractivity (Wildman–Crippen MR) is 96.1 cm³/mol. The molecule has 1 aliphatic heterocycles. The molecule has 1 aliphatic rings. The van der Waals surface area contributed by atoms with Crippen LogP contribution in [0, 0.1) is 0 Å². The first kappa shape index (κ1) is 18.9. The van der Waals surface area contributed by atoms with Gasteiger partial charge < -0.3 is 21.1 Å². The number of amides is 2. The molecule has 1 aromatic heterocycles. The molecule has 0 bridgehead atoms. The van der Waals surface area contributed by atoms with E-state index in [0.29, 0.717) is 18.9 Å². The molecule has 1 saturated heterocycles. The number of aromatic nitrogens is 2. The average Bonchev–Trinajstić information content (AvgIpc) is 2.99. The number of urea groups is 1. The van der Waals surface area contributed by atoms with Crippen molar-refractivity contribution in [2.24, 2.45) is 0 Å². The highest BCUT2D eigenvalue weighted by molar-refractivity contribution is 5.75. The number of rotatable bonds is 5. The lowest BCUT2D eigenvalue weighted by Gasteiger charge is -2.15. The molecule has 1 fully saturated rings. The minimum absolute atomic E-state index is 0.226. The summed E-state index contributed by atoms with van der Waals surface area (Å²) in [6.45, 7) is 8.28. The summed E-state index contributed by atoms with van der Waals surface area (Å²) in [7, 11) is 0. The molecular formula is C17H26N6O2. The lowest BCUT2D eigenvalue weighted by atomic mass is 10.1. The monoisotopic (exact) mass is 346 g/mol. The first-order valence-corrected chi connectivity index (χ1v) is 8.30. The molecule has 0 aliphatic carbocycles. The van der Waals surface area contributed by atoms with Gasteiger partial charge in [-0.3, -0.25) is 5.32 Å². The molecule has 8 heteroatoms. The zero-order valence-corrected chi connectivity index (χ0v) is 15.1. The summed E-state index contributed by atoms with van der Waals surface area (Å²) in [5.74, 6) is 0.381. The Morgan fingerprint density at radius 1 is 1.44 bits per heavy atom. The first-order valence-electron chi connectivity index (χ1n) is 8.30. The van der Waals surface area contributed by atoms with E-state index in [2.05, 4.69) is 31.2 Å². The van der Waals surface area contributed by atoms with Gasteiger partial charge in [-0.1, -0.05) is 6.08 Å². The molecule has 0 saturated carbocycles. The summed E-state index contributed by atoms with van der Waals surface area (Å²) in [5, 5.41) is 21.8. The second-order valence-electron chi connectivity index (χ2n) is 6.23. The van der Waals surface area contributed by atoms with Crippen LogP contribution in [0.4, 0.5) is 4.79 Å². The molecule has 2 rings (SSSR count). The highest BCUT2D eigenvalue weighted by atomic mass is 16.3. The van der Waals surface area contributed by atoms with Crippen molar-refractivity contribution in [3.63, 3.8) is 0 Å². The van der Waals surface area contributed by atoms with E-state index in [-0.39, 0.29) is 12.3 Å². The summed E-state index contributed by atoms with van der Waals surface area (Å²) in [4.78, 5) is 20.0. The van der Waals surface area contributed by atoms with Crippen LogP contribution in [0.3, 0.4) is 0 Å². The van der Waals surface area contributed by atoms with Gasteiger partial charge in [0.15, 0.2) is 12.1 Å². The molecule has 1 unspecified atom stereocenters. The maximum atomic E-state index is 11.5. The van der Waals surface area contributed by atoms with Crippen LogP contribution in [0.1, 0.15) is 39.1 Å². The van der Waals surface area contributed by atoms with Crippen LogP contribution in [0.15, 0.2) is 30.2 Å². The number of carbonyl (C=O) groups excluding carboxylic acids is 1. The quantitative estimate of drug-likeness (QED) is 0.539. The molecule has 1 atom stereocenters. The summed E-state index contributed by atoms with van der Waals surface area (Å²) in [6.07, 6.45) is 7.01. The number of hydrogen-bond donors (Lipinski definition) is 5. The van der Waals surface area contributed by atoms with Crippen molar-refractivity contribution in [3.05, 3.63) is 41.6 Å².